The first-order chi connectivity index (χ1) is 11.7. The Morgan fingerprint density at radius 1 is 1.38 bits per heavy atom. The summed E-state index contributed by atoms with van der Waals surface area (Å²) in [7, 11) is 0. The van der Waals surface area contributed by atoms with Crippen LogP contribution in [0.25, 0.3) is 0 Å². The van der Waals surface area contributed by atoms with Gasteiger partial charge in [0.2, 0.25) is 0 Å². The number of aryl methyl sites for hydroxylation is 1. The molecule has 3 amide bonds. The number of benzene rings is 1. The molecule has 7 heteroatoms. The van der Waals surface area contributed by atoms with E-state index in [0.29, 0.717) is 30.2 Å². The average Bonchev–Trinajstić information content (AvgIpc) is 3.03. The highest BCUT2D eigenvalue weighted by Gasteiger charge is 2.20. The van der Waals surface area contributed by atoms with E-state index in [1.165, 1.54) is 0 Å². The van der Waals surface area contributed by atoms with Gasteiger partial charge in [-0.1, -0.05) is 19.4 Å². The smallest absolute Gasteiger partial charge is 0.321 e. The molecule has 1 fully saturated rings. The van der Waals surface area contributed by atoms with Crippen molar-refractivity contribution in [1.82, 2.24) is 15.5 Å². The minimum atomic E-state index is -0.246. The molecular weight excluding hydrogens is 306 g/mol. The SMILES string of the molecule is CCCc1cc(NC(=O)c2cccc(N3CCCNC3=O)c2)n[nH]1. The van der Waals surface area contributed by atoms with Gasteiger partial charge in [0.15, 0.2) is 5.82 Å². The molecule has 7 nitrogen and oxygen atoms in total. The number of hydrogen-bond acceptors (Lipinski definition) is 3. The molecule has 3 rings (SSSR count). The summed E-state index contributed by atoms with van der Waals surface area (Å²) in [5.74, 6) is 0.258. The number of nitrogens with one attached hydrogen (secondary N) is 3. The van der Waals surface area contributed by atoms with Gasteiger partial charge in [0.05, 0.1) is 0 Å². The van der Waals surface area contributed by atoms with Crippen LogP contribution in [0.3, 0.4) is 0 Å². The number of anilines is 2. The summed E-state index contributed by atoms with van der Waals surface area (Å²) < 4.78 is 0. The Morgan fingerprint density at radius 2 is 2.25 bits per heavy atom. The Bertz CT molecular complexity index is 740. The topological polar surface area (TPSA) is 90.1 Å². The fraction of sp³-hybridized carbons (Fsp3) is 0.353. The highest BCUT2D eigenvalue weighted by molar-refractivity contribution is 6.05. The van der Waals surface area contributed by atoms with E-state index in [2.05, 4.69) is 27.8 Å². The number of aromatic nitrogens is 2. The van der Waals surface area contributed by atoms with Crippen LogP contribution < -0.4 is 15.5 Å². The van der Waals surface area contributed by atoms with E-state index < -0.39 is 0 Å². The molecule has 0 bridgehead atoms. The lowest BCUT2D eigenvalue weighted by molar-refractivity contribution is 0.102. The van der Waals surface area contributed by atoms with Gasteiger partial charge in [-0.05, 0) is 31.0 Å². The minimum Gasteiger partial charge on any atom is -0.338 e. The quantitative estimate of drug-likeness (QED) is 0.788. The van der Waals surface area contributed by atoms with E-state index >= 15 is 0 Å². The van der Waals surface area contributed by atoms with Crippen molar-refractivity contribution in [1.29, 1.82) is 0 Å². The summed E-state index contributed by atoms with van der Waals surface area (Å²) in [6.07, 6.45) is 2.79. The maximum atomic E-state index is 12.4. The number of H-pyrrole nitrogens is 1. The van der Waals surface area contributed by atoms with Crippen LogP contribution in [-0.2, 0) is 6.42 Å². The van der Waals surface area contributed by atoms with Crippen molar-refractivity contribution in [2.24, 2.45) is 0 Å². The van der Waals surface area contributed by atoms with Crippen LogP contribution >= 0.6 is 0 Å². The van der Waals surface area contributed by atoms with Crippen molar-refractivity contribution in [2.75, 3.05) is 23.3 Å². The molecule has 0 atom stereocenters. The molecule has 0 aliphatic carbocycles. The first-order valence-corrected chi connectivity index (χ1v) is 8.18. The largest absolute Gasteiger partial charge is 0.338 e. The number of carbonyl (C=O) groups is 2. The van der Waals surface area contributed by atoms with Crippen molar-refractivity contribution in [3.63, 3.8) is 0 Å². The van der Waals surface area contributed by atoms with E-state index in [1.54, 1.807) is 23.1 Å². The summed E-state index contributed by atoms with van der Waals surface area (Å²) in [6, 6.07) is 8.76. The summed E-state index contributed by atoms with van der Waals surface area (Å²) in [4.78, 5) is 26.0. The lowest BCUT2D eigenvalue weighted by Crippen LogP contribution is -2.46. The lowest BCUT2D eigenvalue weighted by atomic mass is 10.1. The van der Waals surface area contributed by atoms with Gasteiger partial charge in [0.25, 0.3) is 5.91 Å². The summed E-state index contributed by atoms with van der Waals surface area (Å²) in [6.45, 7) is 3.42. The Hall–Kier alpha value is -2.83. The third-order valence-electron chi connectivity index (χ3n) is 3.89. The zero-order valence-electron chi connectivity index (χ0n) is 13.6. The van der Waals surface area contributed by atoms with Gasteiger partial charge in [-0.15, -0.1) is 0 Å². The number of amides is 3. The molecule has 0 spiro atoms. The Kier molecular flexibility index (Phi) is 4.79. The predicted octanol–water partition coefficient (Wildman–Crippen LogP) is 2.53. The molecule has 1 aliphatic rings. The second-order valence-electron chi connectivity index (χ2n) is 5.77. The molecule has 1 aliphatic heterocycles. The molecule has 1 aromatic carbocycles. The zero-order chi connectivity index (χ0) is 16.9. The second kappa shape index (κ2) is 7.16. The number of carbonyl (C=O) groups excluding carboxylic acids is 2. The normalized spacial score (nSPS) is 14.4. The molecule has 0 saturated carbocycles. The van der Waals surface area contributed by atoms with Gasteiger partial charge in [-0.25, -0.2) is 4.79 Å². The third-order valence-corrected chi connectivity index (χ3v) is 3.89. The number of urea groups is 1. The van der Waals surface area contributed by atoms with Gasteiger partial charge >= 0.3 is 6.03 Å². The number of hydrogen-bond donors (Lipinski definition) is 3. The molecule has 3 N–H and O–H groups in total. The molecule has 0 radical (unpaired) electrons. The van der Waals surface area contributed by atoms with E-state index in [0.717, 1.165) is 25.0 Å². The average molecular weight is 327 g/mol. The highest BCUT2D eigenvalue weighted by Crippen LogP contribution is 2.19. The fourth-order valence-electron chi connectivity index (χ4n) is 2.70. The Morgan fingerprint density at radius 3 is 3.04 bits per heavy atom. The Balaban J connectivity index is 1.72. The van der Waals surface area contributed by atoms with Crippen molar-refractivity contribution >= 4 is 23.4 Å². The van der Waals surface area contributed by atoms with Crippen molar-refractivity contribution in [2.45, 2.75) is 26.2 Å². The summed E-state index contributed by atoms with van der Waals surface area (Å²) in [5, 5.41) is 12.6. The van der Waals surface area contributed by atoms with Crippen LogP contribution in [0.2, 0.25) is 0 Å². The molecule has 1 aromatic heterocycles. The van der Waals surface area contributed by atoms with E-state index in [1.807, 2.05) is 12.1 Å². The fourth-order valence-corrected chi connectivity index (χ4v) is 2.70. The van der Waals surface area contributed by atoms with Crippen LogP contribution in [0.1, 0.15) is 35.8 Å². The van der Waals surface area contributed by atoms with Crippen LogP contribution in [-0.4, -0.2) is 35.2 Å². The van der Waals surface area contributed by atoms with Crippen LogP contribution in [0.15, 0.2) is 30.3 Å². The molecular formula is C17H21N5O2. The molecule has 2 aromatic rings. The van der Waals surface area contributed by atoms with Gasteiger partial charge in [0, 0.05) is 36.1 Å². The molecule has 1 saturated heterocycles. The van der Waals surface area contributed by atoms with E-state index in [-0.39, 0.29) is 11.9 Å². The van der Waals surface area contributed by atoms with Gasteiger partial charge in [-0.2, -0.15) is 5.10 Å². The van der Waals surface area contributed by atoms with Gasteiger partial charge in [0.1, 0.15) is 0 Å². The monoisotopic (exact) mass is 327 g/mol. The van der Waals surface area contributed by atoms with Gasteiger partial charge in [-0.3, -0.25) is 14.8 Å². The van der Waals surface area contributed by atoms with Crippen LogP contribution in [0.4, 0.5) is 16.3 Å². The maximum absolute atomic E-state index is 12.4. The van der Waals surface area contributed by atoms with Crippen LogP contribution in [0.5, 0.6) is 0 Å². The van der Waals surface area contributed by atoms with Gasteiger partial charge < -0.3 is 10.6 Å². The Labute approximate surface area is 140 Å². The molecule has 24 heavy (non-hydrogen) atoms. The van der Waals surface area contributed by atoms with Crippen molar-refractivity contribution in [3.8, 4) is 0 Å². The molecule has 0 unspecified atom stereocenters. The number of rotatable bonds is 5. The van der Waals surface area contributed by atoms with Crippen molar-refractivity contribution in [3.05, 3.63) is 41.6 Å². The lowest BCUT2D eigenvalue weighted by Gasteiger charge is -2.27. The van der Waals surface area contributed by atoms with E-state index in [4.69, 9.17) is 0 Å². The highest BCUT2D eigenvalue weighted by atomic mass is 16.2. The third kappa shape index (κ3) is 3.56. The molecule has 2 heterocycles. The molecule has 126 valence electrons. The minimum absolute atomic E-state index is 0.129. The maximum Gasteiger partial charge on any atom is 0.321 e. The zero-order valence-corrected chi connectivity index (χ0v) is 13.6. The number of aromatic amines is 1. The summed E-state index contributed by atoms with van der Waals surface area (Å²) in [5.41, 5.74) is 2.20. The van der Waals surface area contributed by atoms with Crippen LogP contribution in [0, 0.1) is 0 Å². The first kappa shape index (κ1) is 16.0. The first-order valence-electron chi connectivity index (χ1n) is 8.18. The number of nitrogens with zero attached hydrogens (tertiary/aromatic N) is 2. The predicted molar refractivity (Wildman–Crippen MR) is 92.3 cm³/mol. The van der Waals surface area contributed by atoms with E-state index in [9.17, 15) is 9.59 Å². The van der Waals surface area contributed by atoms with Crippen molar-refractivity contribution < 1.29 is 9.59 Å². The second-order valence-corrected chi connectivity index (χ2v) is 5.77. The standard InChI is InChI=1S/C17H21N5O2/c1-2-5-13-11-15(21-20-13)19-16(23)12-6-3-7-14(10-12)22-9-4-8-18-17(22)24/h3,6-7,10-11H,2,4-5,8-9H2,1H3,(H,18,24)(H2,19,20,21,23). The summed E-state index contributed by atoms with van der Waals surface area (Å²) >= 11 is 0.